The van der Waals surface area contributed by atoms with Gasteiger partial charge < -0.3 is 15.2 Å². The van der Waals surface area contributed by atoms with Crippen LogP contribution in [0.2, 0.25) is 0 Å². The molecule has 2 atom stereocenters. The molecule has 0 spiro atoms. The van der Waals surface area contributed by atoms with Crippen LogP contribution in [0.25, 0.3) is 0 Å². The Morgan fingerprint density at radius 3 is 2.65 bits per heavy atom. The molecule has 4 nitrogen and oxygen atoms in total. The first-order valence-corrected chi connectivity index (χ1v) is 7.90. The highest BCUT2D eigenvalue weighted by Gasteiger charge is 2.25. The van der Waals surface area contributed by atoms with Gasteiger partial charge in [-0.15, -0.1) is 0 Å². The van der Waals surface area contributed by atoms with Gasteiger partial charge in [0.15, 0.2) is 0 Å². The summed E-state index contributed by atoms with van der Waals surface area (Å²) in [6.07, 6.45) is 5.70. The van der Waals surface area contributed by atoms with E-state index in [4.69, 9.17) is 15.2 Å². The minimum atomic E-state index is -0.106. The zero-order valence-electron chi connectivity index (χ0n) is 13.3. The van der Waals surface area contributed by atoms with E-state index in [1.54, 1.807) is 0 Å². The maximum Gasteiger partial charge on any atom is 0.305 e. The van der Waals surface area contributed by atoms with Gasteiger partial charge in [-0.3, -0.25) is 4.79 Å². The highest BCUT2D eigenvalue weighted by atomic mass is 16.6. The Hall–Kier alpha value is -0.610. The lowest BCUT2D eigenvalue weighted by molar-refractivity contribution is -0.149. The van der Waals surface area contributed by atoms with E-state index in [1.807, 2.05) is 0 Å². The maximum atomic E-state index is 11.8. The Bertz CT molecular complexity index is 280. The molecule has 0 radical (unpaired) electrons. The molecule has 0 aliphatic carbocycles. The quantitative estimate of drug-likeness (QED) is 0.731. The summed E-state index contributed by atoms with van der Waals surface area (Å²) < 4.78 is 10.9. The lowest BCUT2D eigenvalue weighted by Crippen LogP contribution is -2.27. The molecular formula is C16H31NO3. The van der Waals surface area contributed by atoms with Gasteiger partial charge in [-0.2, -0.15) is 0 Å². The van der Waals surface area contributed by atoms with Crippen molar-refractivity contribution in [1.29, 1.82) is 0 Å². The largest absolute Gasteiger partial charge is 0.463 e. The molecule has 118 valence electrons. The molecule has 1 rings (SSSR count). The van der Waals surface area contributed by atoms with Gasteiger partial charge in [-0.05, 0) is 50.0 Å². The Labute approximate surface area is 123 Å². The second-order valence-corrected chi connectivity index (χ2v) is 6.85. The van der Waals surface area contributed by atoms with E-state index >= 15 is 0 Å². The molecule has 1 saturated heterocycles. The Balaban J connectivity index is 2.23. The Kier molecular flexibility index (Phi) is 7.52. The van der Waals surface area contributed by atoms with E-state index in [1.165, 1.54) is 6.42 Å². The minimum absolute atomic E-state index is 0.106. The predicted octanol–water partition coefficient (Wildman–Crippen LogP) is 2.89. The fourth-order valence-electron chi connectivity index (χ4n) is 2.70. The summed E-state index contributed by atoms with van der Waals surface area (Å²) in [5, 5.41) is 0. The number of hydrogen-bond acceptors (Lipinski definition) is 4. The third-order valence-corrected chi connectivity index (χ3v) is 4.14. The molecule has 0 bridgehead atoms. The van der Waals surface area contributed by atoms with Crippen molar-refractivity contribution in [3.8, 4) is 0 Å². The van der Waals surface area contributed by atoms with Crippen LogP contribution in [0.5, 0.6) is 0 Å². The summed E-state index contributed by atoms with van der Waals surface area (Å²) in [7, 11) is 0. The predicted molar refractivity (Wildman–Crippen MR) is 80.4 cm³/mol. The van der Waals surface area contributed by atoms with E-state index in [9.17, 15) is 4.79 Å². The first-order valence-electron chi connectivity index (χ1n) is 7.90. The van der Waals surface area contributed by atoms with Crippen molar-refractivity contribution in [3.05, 3.63) is 0 Å². The summed E-state index contributed by atoms with van der Waals surface area (Å²) in [6, 6.07) is 0. The molecule has 1 fully saturated rings. The summed E-state index contributed by atoms with van der Waals surface area (Å²) in [6.45, 7) is 8.49. The molecule has 0 aromatic carbocycles. The molecule has 1 aliphatic heterocycles. The summed E-state index contributed by atoms with van der Waals surface area (Å²) >= 11 is 0. The number of carbonyl (C=O) groups is 1. The van der Waals surface area contributed by atoms with Crippen LogP contribution in [0, 0.1) is 11.3 Å². The van der Waals surface area contributed by atoms with Crippen molar-refractivity contribution in [2.24, 2.45) is 17.1 Å². The molecular weight excluding hydrogens is 254 g/mol. The molecule has 0 aromatic heterocycles. The number of ether oxygens (including phenoxy) is 2. The van der Waals surface area contributed by atoms with Crippen LogP contribution in [-0.2, 0) is 14.3 Å². The zero-order valence-corrected chi connectivity index (χ0v) is 13.3. The standard InChI is InChI=1S/C16H31NO3/c1-16(2,3)13(9-10-17)7-8-15(18)20-12-14-6-4-5-11-19-14/h13-14H,4-12,17H2,1-3H3. The highest BCUT2D eigenvalue weighted by molar-refractivity contribution is 5.69. The number of rotatable bonds is 7. The average molecular weight is 285 g/mol. The SMILES string of the molecule is CC(C)(C)C(CCN)CCC(=O)OCC1CCCCO1. The van der Waals surface area contributed by atoms with Crippen LogP contribution in [0.3, 0.4) is 0 Å². The first-order chi connectivity index (χ1) is 9.43. The fraction of sp³-hybridized carbons (Fsp3) is 0.938. The van der Waals surface area contributed by atoms with Crippen LogP contribution in [0.4, 0.5) is 0 Å². The second-order valence-electron chi connectivity index (χ2n) is 6.85. The van der Waals surface area contributed by atoms with E-state index in [-0.39, 0.29) is 17.5 Å². The third kappa shape index (κ3) is 6.71. The lowest BCUT2D eigenvalue weighted by Gasteiger charge is -2.30. The second kappa shape index (κ2) is 8.63. The van der Waals surface area contributed by atoms with Crippen LogP contribution in [0.15, 0.2) is 0 Å². The Morgan fingerprint density at radius 2 is 2.10 bits per heavy atom. The number of carbonyl (C=O) groups excluding carboxylic acids is 1. The molecule has 1 aliphatic rings. The highest BCUT2D eigenvalue weighted by Crippen LogP contribution is 2.32. The van der Waals surface area contributed by atoms with Crippen molar-refractivity contribution in [2.45, 2.75) is 65.4 Å². The van der Waals surface area contributed by atoms with Crippen molar-refractivity contribution >= 4 is 5.97 Å². The van der Waals surface area contributed by atoms with Gasteiger partial charge in [0.2, 0.25) is 0 Å². The Morgan fingerprint density at radius 1 is 1.35 bits per heavy atom. The minimum Gasteiger partial charge on any atom is -0.463 e. The zero-order chi connectivity index (χ0) is 15.0. The fourth-order valence-corrected chi connectivity index (χ4v) is 2.70. The maximum absolute atomic E-state index is 11.8. The van der Waals surface area contributed by atoms with E-state index in [0.717, 1.165) is 32.3 Å². The van der Waals surface area contributed by atoms with Gasteiger partial charge in [0.1, 0.15) is 6.61 Å². The summed E-state index contributed by atoms with van der Waals surface area (Å²) in [4.78, 5) is 11.8. The normalized spacial score (nSPS) is 21.5. The third-order valence-electron chi connectivity index (χ3n) is 4.14. The van der Waals surface area contributed by atoms with Crippen molar-refractivity contribution in [1.82, 2.24) is 0 Å². The molecule has 2 unspecified atom stereocenters. The molecule has 1 heterocycles. The summed E-state index contributed by atoms with van der Waals surface area (Å²) in [5.74, 6) is 0.358. The molecule has 0 amide bonds. The van der Waals surface area contributed by atoms with Gasteiger partial charge >= 0.3 is 5.97 Å². The van der Waals surface area contributed by atoms with E-state index < -0.39 is 0 Å². The van der Waals surface area contributed by atoms with Gasteiger partial charge in [0, 0.05) is 13.0 Å². The van der Waals surface area contributed by atoms with Gasteiger partial charge in [-0.25, -0.2) is 0 Å². The lowest BCUT2D eigenvalue weighted by atomic mass is 9.76. The van der Waals surface area contributed by atoms with Crippen LogP contribution >= 0.6 is 0 Å². The molecule has 20 heavy (non-hydrogen) atoms. The molecule has 0 aromatic rings. The van der Waals surface area contributed by atoms with Gasteiger partial charge in [-0.1, -0.05) is 20.8 Å². The monoisotopic (exact) mass is 285 g/mol. The smallest absolute Gasteiger partial charge is 0.305 e. The topological polar surface area (TPSA) is 61.6 Å². The number of hydrogen-bond donors (Lipinski definition) is 1. The van der Waals surface area contributed by atoms with E-state index in [0.29, 0.717) is 25.5 Å². The number of nitrogens with two attached hydrogens (primary N) is 1. The average Bonchev–Trinajstić information content (AvgIpc) is 2.41. The van der Waals surface area contributed by atoms with Gasteiger partial charge in [0.05, 0.1) is 6.10 Å². The van der Waals surface area contributed by atoms with Crippen LogP contribution in [-0.4, -0.2) is 31.8 Å². The molecule has 4 heteroatoms. The molecule has 0 saturated carbocycles. The first kappa shape index (κ1) is 17.4. The van der Waals surface area contributed by atoms with Crippen molar-refractivity contribution in [3.63, 3.8) is 0 Å². The number of esters is 1. The summed E-state index contributed by atoms with van der Waals surface area (Å²) in [5.41, 5.74) is 5.84. The van der Waals surface area contributed by atoms with Crippen LogP contribution in [0.1, 0.15) is 59.3 Å². The van der Waals surface area contributed by atoms with Crippen molar-refractivity contribution < 1.29 is 14.3 Å². The molecule has 2 N–H and O–H groups in total. The van der Waals surface area contributed by atoms with E-state index in [2.05, 4.69) is 20.8 Å². The van der Waals surface area contributed by atoms with Crippen molar-refractivity contribution in [2.75, 3.05) is 19.8 Å². The van der Waals surface area contributed by atoms with Crippen LogP contribution < -0.4 is 5.73 Å². The van der Waals surface area contributed by atoms with Gasteiger partial charge in [0.25, 0.3) is 0 Å².